The second kappa shape index (κ2) is 3.78. The lowest BCUT2D eigenvalue weighted by Gasteiger charge is -2.19. The van der Waals surface area contributed by atoms with Gasteiger partial charge in [0.2, 0.25) is 0 Å². The molecule has 2 heteroatoms. The van der Waals surface area contributed by atoms with Crippen molar-refractivity contribution in [1.29, 1.82) is 0 Å². The summed E-state index contributed by atoms with van der Waals surface area (Å²) >= 11 is 0. The van der Waals surface area contributed by atoms with E-state index in [-0.39, 0.29) is 0 Å². The molecule has 78 valence electrons. The lowest BCUT2D eigenvalue weighted by atomic mass is 10.0. The van der Waals surface area contributed by atoms with Crippen LogP contribution in [-0.4, -0.2) is 17.1 Å². The predicted molar refractivity (Wildman–Crippen MR) is 61.4 cm³/mol. The third kappa shape index (κ3) is 1.82. The van der Waals surface area contributed by atoms with Crippen LogP contribution in [0.25, 0.3) is 6.08 Å². The van der Waals surface area contributed by atoms with Crippen LogP contribution in [0.1, 0.15) is 31.2 Å². The SMILES string of the molecule is C(=C1\CC2CCCC1N2)/c1cccnc1. The van der Waals surface area contributed by atoms with Crippen molar-refractivity contribution in [3.63, 3.8) is 0 Å². The second-order valence-corrected chi connectivity index (χ2v) is 4.56. The number of aromatic nitrogens is 1. The first-order valence-electron chi connectivity index (χ1n) is 5.78. The van der Waals surface area contributed by atoms with E-state index in [9.17, 15) is 0 Å². The zero-order chi connectivity index (χ0) is 10.1. The van der Waals surface area contributed by atoms with E-state index in [2.05, 4.69) is 22.4 Å². The molecule has 3 rings (SSSR count). The highest BCUT2D eigenvalue weighted by atomic mass is 15.0. The fourth-order valence-electron chi connectivity index (χ4n) is 2.73. The molecule has 1 aromatic rings. The van der Waals surface area contributed by atoms with Gasteiger partial charge in [-0.15, -0.1) is 0 Å². The maximum atomic E-state index is 4.15. The first-order valence-corrected chi connectivity index (χ1v) is 5.78. The van der Waals surface area contributed by atoms with Crippen molar-refractivity contribution in [2.45, 2.75) is 37.8 Å². The van der Waals surface area contributed by atoms with Crippen molar-refractivity contribution in [1.82, 2.24) is 10.3 Å². The molecule has 2 unspecified atom stereocenters. The van der Waals surface area contributed by atoms with Crippen molar-refractivity contribution in [2.24, 2.45) is 0 Å². The maximum Gasteiger partial charge on any atom is 0.0340 e. The number of nitrogens with zero attached hydrogens (tertiary/aromatic N) is 1. The van der Waals surface area contributed by atoms with Crippen molar-refractivity contribution in [3.8, 4) is 0 Å². The first-order chi connectivity index (χ1) is 7.42. The molecule has 15 heavy (non-hydrogen) atoms. The Morgan fingerprint density at radius 2 is 2.40 bits per heavy atom. The van der Waals surface area contributed by atoms with Crippen LogP contribution >= 0.6 is 0 Å². The highest BCUT2D eigenvalue weighted by Crippen LogP contribution is 2.32. The average Bonchev–Trinajstić information content (AvgIpc) is 2.55. The first kappa shape index (κ1) is 9.10. The zero-order valence-electron chi connectivity index (χ0n) is 8.82. The van der Waals surface area contributed by atoms with Crippen LogP contribution in [0, 0.1) is 0 Å². The van der Waals surface area contributed by atoms with Crippen molar-refractivity contribution in [2.75, 3.05) is 0 Å². The van der Waals surface area contributed by atoms with Crippen LogP contribution < -0.4 is 5.32 Å². The molecule has 2 atom stereocenters. The maximum absolute atomic E-state index is 4.15. The Morgan fingerprint density at radius 1 is 1.40 bits per heavy atom. The molecule has 2 aliphatic heterocycles. The summed E-state index contributed by atoms with van der Waals surface area (Å²) in [6.07, 6.45) is 11.4. The highest BCUT2D eigenvalue weighted by molar-refractivity contribution is 5.54. The van der Waals surface area contributed by atoms with E-state index in [4.69, 9.17) is 0 Å². The zero-order valence-corrected chi connectivity index (χ0v) is 8.82. The van der Waals surface area contributed by atoms with Crippen molar-refractivity contribution >= 4 is 6.08 Å². The standard InChI is InChI=1S/C13H16N2/c1-4-12-8-11(13(5-1)15-12)7-10-3-2-6-14-9-10/h2-3,6-7,9,12-13,15H,1,4-5,8H2/b11-7-. The van der Waals surface area contributed by atoms with Gasteiger partial charge in [0.15, 0.2) is 0 Å². The van der Waals surface area contributed by atoms with Gasteiger partial charge in [0.25, 0.3) is 0 Å². The van der Waals surface area contributed by atoms with E-state index in [1.165, 1.54) is 31.2 Å². The summed E-state index contributed by atoms with van der Waals surface area (Å²) in [6.45, 7) is 0. The molecule has 1 aromatic heterocycles. The van der Waals surface area contributed by atoms with E-state index < -0.39 is 0 Å². The summed E-state index contributed by atoms with van der Waals surface area (Å²) in [5.41, 5.74) is 2.81. The number of hydrogen-bond donors (Lipinski definition) is 1. The van der Waals surface area contributed by atoms with Gasteiger partial charge in [-0.25, -0.2) is 0 Å². The van der Waals surface area contributed by atoms with Gasteiger partial charge < -0.3 is 5.32 Å². The van der Waals surface area contributed by atoms with Gasteiger partial charge in [0.05, 0.1) is 0 Å². The normalized spacial score (nSPS) is 32.1. The number of piperidine rings is 1. The molecule has 0 saturated carbocycles. The second-order valence-electron chi connectivity index (χ2n) is 4.56. The van der Waals surface area contributed by atoms with Crippen LogP contribution in [0.4, 0.5) is 0 Å². The number of fused-ring (bicyclic) bond motifs is 2. The Morgan fingerprint density at radius 3 is 3.20 bits per heavy atom. The lowest BCUT2D eigenvalue weighted by molar-refractivity contribution is 0.414. The molecule has 0 spiro atoms. The molecule has 2 bridgehead atoms. The molecule has 1 N–H and O–H groups in total. The number of rotatable bonds is 1. The summed E-state index contributed by atoms with van der Waals surface area (Å²) in [5, 5.41) is 3.67. The number of pyridine rings is 1. The van der Waals surface area contributed by atoms with Crippen LogP contribution in [0.2, 0.25) is 0 Å². The highest BCUT2D eigenvalue weighted by Gasteiger charge is 2.31. The van der Waals surface area contributed by atoms with Gasteiger partial charge in [-0.05, 0) is 30.9 Å². The van der Waals surface area contributed by atoms with Gasteiger partial charge in [-0.2, -0.15) is 0 Å². The van der Waals surface area contributed by atoms with Gasteiger partial charge in [0, 0.05) is 24.5 Å². The molecule has 2 fully saturated rings. The van der Waals surface area contributed by atoms with Crippen molar-refractivity contribution < 1.29 is 0 Å². The Balaban J connectivity index is 1.85. The van der Waals surface area contributed by atoms with Crippen LogP contribution in [0.5, 0.6) is 0 Å². The van der Waals surface area contributed by atoms with Crippen LogP contribution in [-0.2, 0) is 0 Å². The molecular formula is C13H16N2. The summed E-state index contributed by atoms with van der Waals surface area (Å²) < 4.78 is 0. The minimum Gasteiger partial charge on any atom is -0.307 e. The van der Waals surface area contributed by atoms with E-state index >= 15 is 0 Å². The lowest BCUT2D eigenvalue weighted by Crippen LogP contribution is -2.33. The molecule has 0 amide bonds. The summed E-state index contributed by atoms with van der Waals surface area (Å²) in [5.74, 6) is 0. The smallest absolute Gasteiger partial charge is 0.0340 e. The Labute approximate surface area is 90.4 Å². The van der Waals surface area contributed by atoms with Gasteiger partial charge >= 0.3 is 0 Å². The molecule has 2 nitrogen and oxygen atoms in total. The molecule has 0 aromatic carbocycles. The molecule has 0 radical (unpaired) electrons. The number of hydrogen-bond acceptors (Lipinski definition) is 2. The monoisotopic (exact) mass is 200 g/mol. The molecule has 2 aliphatic rings. The topological polar surface area (TPSA) is 24.9 Å². The number of nitrogens with one attached hydrogen (secondary N) is 1. The van der Waals surface area contributed by atoms with Crippen LogP contribution in [0.15, 0.2) is 30.1 Å². The quantitative estimate of drug-likeness (QED) is 0.753. The van der Waals surface area contributed by atoms with E-state index in [1.807, 2.05) is 18.5 Å². The minimum atomic E-state index is 0.643. The Bertz CT molecular complexity index is 369. The van der Waals surface area contributed by atoms with Crippen LogP contribution in [0.3, 0.4) is 0 Å². The Hall–Kier alpha value is -1.15. The molecule has 2 saturated heterocycles. The molecule has 0 aliphatic carbocycles. The molecular weight excluding hydrogens is 184 g/mol. The third-order valence-corrected chi connectivity index (χ3v) is 3.45. The predicted octanol–water partition coefficient (Wildman–Crippen LogP) is 2.38. The fraction of sp³-hybridized carbons (Fsp3) is 0.462. The van der Waals surface area contributed by atoms with E-state index in [0.717, 1.165) is 6.04 Å². The molecule has 3 heterocycles. The minimum absolute atomic E-state index is 0.643. The summed E-state index contributed by atoms with van der Waals surface area (Å²) in [6, 6.07) is 5.51. The average molecular weight is 200 g/mol. The van der Waals surface area contributed by atoms with Gasteiger partial charge in [-0.1, -0.05) is 24.1 Å². The summed E-state index contributed by atoms with van der Waals surface area (Å²) in [4.78, 5) is 4.15. The van der Waals surface area contributed by atoms with Gasteiger partial charge in [-0.3, -0.25) is 4.98 Å². The fourth-order valence-corrected chi connectivity index (χ4v) is 2.73. The third-order valence-electron chi connectivity index (χ3n) is 3.45. The van der Waals surface area contributed by atoms with E-state index in [1.54, 1.807) is 5.57 Å². The largest absolute Gasteiger partial charge is 0.307 e. The summed E-state index contributed by atoms with van der Waals surface area (Å²) in [7, 11) is 0. The Kier molecular flexibility index (Phi) is 2.29. The van der Waals surface area contributed by atoms with Crippen molar-refractivity contribution in [3.05, 3.63) is 35.7 Å². The van der Waals surface area contributed by atoms with E-state index in [0.29, 0.717) is 6.04 Å². The van der Waals surface area contributed by atoms with Gasteiger partial charge in [0.1, 0.15) is 0 Å².